The largest absolute Gasteiger partial charge is 0.397 e. The molecule has 6 N–H and O–H groups in total. The lowest BCUT2D eigenvalue weighted by atomic mass is 10.2. The highest BCUT2D eigenvalue weighted by Gasteiger charge is 2.00. The van der Waals surface area contributed by atoms with E-state index in [0.29, 0.717) is 17.9 Å². The van der Waals surface area contributed by atoms with Crippen LogP contribution in [0.25, 0.3) is 0 Å². The Bertz CT molecular complexity index is 351. The van der Waals surface area contributed by atoms with E-state index in [-0.39, 0.29) is 12.5 Å². The minimum atomic E-state index is -0.0482. The van der Waals surface area contributed by atoms with E-state index >= 15 is 0 Å². The van der Waals surface area contributed by atoms with Crippen molar-refractivity contribution in [3.05, 3.63) is 18.2 Å². The number of benzene rings is 1. The first kappa shape index (κ1) is 11.2. The molecule has 1 aromatic rings. The number of nitrogen functional groups attached to an aromatic ring is 2. The Morgan fingerprint density at radius 2 is 2.07 bits per heavy atom. The van der Waals surface area contributed by atoms with Crippen LogP contribution in [0.15, 0.2) is 18.2 Å². The summed E-state index contributed by atoms with van der Waals surface area (Å²) in [5, 5.41) is 5.63. The molecule has 5 heteroatoms. The van der Waals surface area contributed by atoms with Gasteiger partial charge in [-0.1, -0.05) is 0 Å². The number of amides is 1. The molecule has 0 saturated heterocycles. The molecule has 5 nitrogen and oxygen atoms in total. The first-order chi connectivity index (χ1) is 7.13. The number of nitrogens with one attached hydrogen (secondary N) is 2. The Morgan fingerprint density at radius 1 is 1.33 bits per heavy atom. The van der Waals surface area contributed by atoms with Crippen molar-refractivity contribution in [3.8, 4) is 0 Å². The van der Waals surface area contributed by atoms with Gasteiger partial charge in [-0.15, -0.1) is 0 Å². The van der Waals surface area contributed by atoms with Gasteiger partial charge in [-0.25, -0.2) is 0 Å². The van der Waals surface area contributed by atoms with E-state index in [4.69, 9.17) is 11.5 Å². The van der Waals surface area contributed by atoms with Gasteiger partial charge in [0.1, 0.15) is 0 Å². The van der Waals surface area contributed by atoms with Gasteiger partial charge in [-0.05, 0) is 25.1 Å². The third kappa shape index (κ3) is 3.38. The third-order valence-corrected chi connectivity index (χ3v) is 1.91. The van der Waals surface area contributed by atoms with Gasteiger partial charge in [0.15, 0.2) is 0 Å². The molecule has 0 unspecified atom stereocenters. The molecule has 82 valence electrons. The Hall–Kier alpha value is -1.91. The highest BCUT2D eigenvalue weighted by atomic mass is 16.1. The molecule has 15 heavy (non-hydrogen) atoms. The number of nitrogens with two attached hydrogens (primary N) is 2. The normalized spacial score (nSPS) is 9.67. The minimum absolute atomic E-state index is 0.0482. The van der Waals surface area contributed by atoms with Gasteiger partial charge in [-0.2, -0.15) is 0 Å². The fraction of sp³-hybridized carbons (Fsp3) is 0.300. The maximum absolute atomic E-state index is 11.1. The van der Waals surface area contributed by atoms with Crippen LogP contribution in [0.1, 0.15) is 6.92 Å². The van der Waals surface area contributed by atoms with E-state index < -0.39 is 0 Å². The van der Waals surface area contributed by atoms with Crippen LogP contribution in [-0.4, -0.2) is 19.0 Å². The van der Waals surface area contributed by atoms with E-state index in [9.17, 15) is 4.79 Å². The van der Waals surface area contributed by atoms with Crippen LogP contribution in [0.2, 0.25) is 0 Å². The lowest BCUT2D eigenvalue weighted by Crippen LogP contribution is -2.29. The average Bonchev–Trinajstić information content (AvgIpc) is 2.20. The molecular formula is C10H16N4O. The summed E-state index contributed by atoms with van der Waals surface area (Å²) in [5.41, 5.74) is 13.0. The van der Waals surface area contributed by atoms with Gasteiger partial charge >= 0.3 is 0 Å². The SMILES string of the molecule is CCNC(=O)CNc1ccc(N)c(N)c1. The first-order valence-electron chi connectivity index (χ1n) is 4.79. The third-order valence-electron chi connectivity index (χ3n) is 1.91. The van der Waals surface area contributed by atoms with Crippen molar-refractivity contribution in [2.24, 2.45) is 0 Å². The number of hydrogen-bond donors (Lipinski definition) is 4. The quantitative estimate of drug-likeness (QED) is 0.539. The predicted octanol–water partition coefficient (Wildman–Crippen LogP) is 0.399. The van der Waals surface area contributed by atoms with Crippen LogP contribution in [0, 0.1) is 0 Å². The highest BCUT2D eigenvalue weighted by Crippen LogP contribution is 2.19. The molecule has 1 rings (SSSR count). The molecule has 0 spiro atoms. The average molecular weight is 208 g/mol. The van der Waals surface area contributed by atoms with E-state index in [0.717, 1.165) is 5.69 Å². The molecule has 0 atom stereocenters. The Morgan fingerprint density at radius 3 is 2.67 bits per heavy atom. The molecule has 1 aromatic carbocycles. The van der Waals surface area contributed by atoms with E-state index in [1.165, 1.54) is 0 Å². The maximum atomic E-state index is 11.1. The van der Waals surface area contributed by atoms with Crippen molar-refractivity contribution in [2.75, 3.05) is 29.9 Å². The topological polar surface area (TPSA) is 93.2 Å². The minimum Gasteiger partial charge on any atom is -0.397 e. The Kier molecular flexibility index (Phi) is 3.79. The van der Waals surface area contributed by atoms with Crippen LogP contribution in [0.3, 0.4) is 0 Å². The van der Waals surface area contributed by atoms with Gasteiger partial charge in [0.25, 0.3) is 0 Å². The first-order valence-corrected chi connectivity index (χ1v) is 4.79. The second kappa shape index (κ2) is 5.09. The van der Waals surface area contributed by atoms with Gasteiger partial charge < -0.3 is 22.1 Å². The number of anilines is 3. The van der Waals surface area contributed by atoms with Crippen LogP contribution in [-0.2, 0) is 4.79 Å². The fourth-order valence-electron chi connectivity index (χ4n) is 1.13. The van der Waals surface area contributed by atoms with Crippen molar-refractivity contribution < 1.29 is 4.79 Å². The molecule has 0 saturated carbocycles. The number of likely N-dealkylation sites (N-methyl/N-ethyl adjacent to an activating group) is 1. The monoisotopic (exact) mass is 208 g/mol. The number of rotatable bonds is 4. The zero-order valence-corrected chi connectivity index (χ0v) is 8.71. The molecule has 0 aliphatic carbocycles. The molecule has 0 aromatic heterocycles. The summed E-state index contributed by atoms with van der Waals surface area (Å²) >= 11 is 0. The van der Waals surface area contributed by atoms with Crippen LogP contribution >= 0.6 is 0 Å². The number of carbonyl (C=O) groups excluding carboxylic acids is 1. The molecule has 0 aliphatic heterocycles. The fourth-order valence-corrected chi connectivity index (χ4v) is 1.13. The maximum Gasteiger partial charge on any atom is 0.239 e. The van der Waals surface area contributed by atoms with Crippen molar-refractivity contribution in [2.45, 2.75) is 6.92 Å². The Labute approximate surface area is 88.8 Å². The van der Waals surface area contributed by atoms with Crippen LogP contribution < -0.4 is 22.1 Å². The highest BCUT2D eigenvalue weighted by molar-refractivity contribution is 5.81. The molecule has 1 amide bonds. The van der Waals surface area contributed by atoms with Gasteiger partial charge in [0.2, 0.25) is 5.91 Å². The summed E-state index contributed by atoms with van der Waals surface area (Å²) in [6.07, 6.45) is 0. The van der Waals surface area contributed by atoms with Gasteiger partial charge in [0, 0.05) is 12.2 Å². The van der Waals surface area contributed by atoms with E-state index in [1.54, 1.807) is 18.2 Å². The van der Waals surface area contributed by atoms with E-state index in [1.807, 2.05) is 6.92 Å². The van der Waals surface area contributed by atoms with Crippen molar-refractivity contribution in [3.63, 3.8) is 0 Å². The summed E-state index contributed by atoms with van der Waals surface area (Å²) in [5.74, 6) is -0.0482. The summed E-state index contributed by atoms with van der Waals surface area (Å²) in [4.78, 5) is 11.1. The van der Waals surface area contributed by atoms with E-state index in [2.05, 4.69) is 10.6 Å². The standard InChI is InChI=1S/C10H16N4O/c1-2-13-10(15)6-14-7-3-4-8(11)9(12)5-7/h3-5,14H,2,6,11-12H2,1H3,(H,13,15). The lowest BCUT2D eigenvalue weighted by Gasteiger charge is -2.08. The zero-order valence-electron chi connectivity index (χ0n) is 8.71. The summed E-state index contributed by atoms with van der Waals surface area (Å²) < 4.78 is 0. The second-order valence-electron chi connectivity index (χ2n) is 3.15. The predicted molar refractivity (Wildman–Crippen MR) is 62.4 cm³/mol. The summed E-state index contributed by atoms with van der Waals surface area (Å²) in [7, 11) is 0. The van der Waals surface area contributed by atoms with Gasteiger partial charge in [-0.3, -0.25) is 4.79 Å². The Balaban J connectivity index is 2.51. The number of carbonyl (C=O) groups is 1. The smallest absolute Gasteiger partial charge is 0.239 e. The summed E-state index contributed by atoms with van der Waals surface area (Å²) in [6.45, 7) is 2.74. The van der Waals surface area contributed by atoms with Crippen LogP contribution in [0.4, 0.5) is 17.1 Å². The molecule has 0 bridgehead atoms. The number of hydrogen-bond acceptors (Lipinski definition) is 4. The molecule has 0 aliphatic rings. The van der Waals surface area contributed by atoms with Crippen molar-refractivity contribution in [1.29, 1.82) is 0 Å². The second-order valence-corrected chi connectivity index (χ2v) is 3.15. The van der Waals surface area contributed by atoms with Crippen molar-refractivity contribution >= 4 is 23.0 Å². The molecular weight excluding hydrogens is 192 g/mol. The molecule has 0 radical (unpaired) electrons. The molecule has 0 fully saturated rings. The van der Waals surface area contributed by atoms with Gasteiger partial charge in [0.05, 0.1) is 17.9 Å². The summed E-state index contributed by atoms with van der Waals surface area (Å²) in [6, 6.07) is 5.19. The van der Waals surface area contributed by atoms with Crippen molar-refractivity contribution in [1.82, 2.24) is 5.32 Å². The zero-order chi connectivity index (χ0) is 11.3. The lowest BCUT2D eigenvalue weighted by molar-refractivity contribution is -0.119. The van der Waals surface area contributed by atoms with Crippen LogP contribution in [0.5, 0.6) is 0 Å². The molecule has 0 heterocycles.